The molecule has 2 atom stereocenters. The van der Waals surface area contributed by atoms with Gasteiger partial charge in [-0.3, -0.25) is 9.59 Å². The Bertz CT molecular complexity index is 1730. The summed E-state index contributed by atoms with van der Waals surface area (Å²) in [5.41, 5.74) is 1.78. The normalized spacial score (nSPS) is 22.0. The highest BCUT2D eigenvalue weighted by Gasteiger charge is 2.29. The molecule has 2 unspecified atom stereocenters. The molecule has 0 bridgehead atoms. The van der Waals surface area contributed by atoms with E-state index >= 15 is 0 Å². The van der Waals surface area contributed by atoms with Gasteiger partial charge in [-0.25, -0.2) is 9.37 Å². The molecule has 1 aliphatic heterocycles. The van der Waals surface area contributed by atoms with Gasteiger partial charge in [-0.15, -0.1) is 0 Å². The summed E-state index contributed by atoms with van der Waals surface area (Å²) in [7, 11) is 0. The molecule has 3 N–H and O–H groups in total. The van der Waals surface area contributed by atoms with Crippen molar-refractivity contribution in [3.8, 4) is 5.75 Å². The molecule has 2 aliphatic carbocycles. The molecule has 10 heteroatoms. The number of benzene rings is 1. The SMILES string of the molecule is CC1C=C(F)C=CC1Oc1cccc(/C=c2\[nH]c(=O)/c(=C/c3ncn(CCCN4CCNCC4)c3C3CC3)[nH]c2=O)c1. The molecule has 42 heavy (non-hydrogen) atoms. The highest BCUT2D eigenvalue weighted by molar-refractivity contribution is 5.51. The van der Waals surface area contributed by atoms with E-state index in [0.717, 1.165) is 69.9 Å². The minimum absolute atomic E-state index is 0.116. The van der Waals surface area contributed by atoms with Crippen LogP contribution in [0, 0.1) is 5.92 Å². The van der Waals surface area contributed by atoms with E-state index in [-0.39, 0.29) is 28.5 Å². The van der Waals surface area contributed by atoms with E-state index in [2.05, 4.69) is 29.7 Å². The van der Waals surface area contributed by atoms with Crippen LogP contribution < -0.4 is 31.9 Å². The van der Waals surface area contributed by atoms with Gasteiger partial charge in [0, 0.05) is 50.3 Å². The van der Waals surface area contributed by atoms with Gasteiger partial charge in [-0.2, -0.15) is 0 Å². The number of imidazole rings is 1. The predicted molar refractivity (Wildman–Crippen MR) is 161 cm³/mol. The lowest BCUT2D eigenvalue weighted by atomic mass is 9.99. The number of ether oxygens (including phenoxy) is 1. The number of hydrogen-bond donors (Lipinski definition) is 3. The van der Waals surface area contributed by atoms with E-state index in [1.54, 1.807) is 30.4 Å². The monoisotopic (exact) mass is 572 g/mol. The molecular weight excluding hydrogens is 535 g/mol. The summed E-state index contributed by atoms with van der Waals surface area (Å²) < 4.78 is 21.7. The summed E-state index contributed by atoms with van der Waals surface area (Å²) >= 11 is 0. The summed E-state index contributed by atoms with van der Waals surface area (Å²) in [6.07, 6.45) is 12.7. The number of H-pyrrole nitrogens is 2. The van der Waals surface area contributed by atoms with Gasteiger partial charge in [0.1, 0.15) is 28.4 Å². The maximum atomic E-state index is 13.5. The van der Waals surface area contributed by atoms with E-state index in [0.29, 0.717) is 17.2 Å². The Kier molecular flexibility index (Phi) is 8.34. The summed E-state index contributed by atoms with van der Waals surface area (Å²) in [6, 6.07) is 7.22. The zero-order valence-electron chi connectivity index (χ0n) is 23.8. The first-order valence-electron chi connectivity index (χ1n) is 14.8. The van der Waals surface area contributed by atoms with Gasteiger partial charge in [0.2, 0.25) is 0 Å². The van der Waals surface area contributed by atoms with E-state index in [1.165, 1.54) is 12.2 Å². The fourth-order valence-electron chi connectivity index (χ4n) is 5.64. The van der Waals surface area contributed by atoms with Crippen molar-refractivity contribution in [1.29, 1.82) is 0 Å². The Morgan fingerprint density at radius 3 is 2.57 bits per heavy atom. The quantitative estimate of drug-likeness (QED) is 0.362. The number of nitrogens with one attached hydrogen (secondary N) is 3. The number of aryl methyl sites for hydroxylation is 1. The van der Waals surface area contributed by atoms with Crippen LogP contribution in [-0.4, -0.2) is 63.2 Å². The van der Waals surface area contributed by atoms with Gasteiger partial charge in [0.15, 0.2) is 0 Å². The van der Waals surface area contributed by atoms with Crippen LogP contribution >= 0.6 is 0 Å². The molecule has 0 radical (unpaired) electrons. The number of hydrogen-bond acceptors (Lipinski definition) is 6. The van der Waals surface area contributed by atoms with Crippen LogP contribution in [0.5, 0.6) is 5.75 Å². The van der Waals surface area contributed by atoms with Crippen molar-refractivity contribution in [3.05, 3.63) is 103 Å². The van der Waals surface area contributed by atoms with Gasteiger partial charge >= 0.3 is 0 Å². The molecular formula is C32H37FN6O3. The fourth-order valence-corrected chi connectivity index (χ4v) is 5.64. The summed E-state index contributed by atoms with van der Waals surface area (Å²) in [4.78, 5) is 38.6. The number of allylic oxidation sites excluding steroid dienone is 2. The second kappa shape index (κ2) is 12.5. The topological polar surface area (TPSA) is 108 Å². The summed E-state index contributed by atoms with van der Waals surface area (Å²) in [6.45, 7) is 8.07. The van der Waals surface area contributed by atoms with E-state index < -0.39 is 11.1 Å². The molecule has 2 fully saturated rings. The summed E-state index contributed by atoms with van der Waals surface area (Å²) in [5.74, 6) is 0.635. The first-order chi connectivity index (χ1) is 20.4. The van der Waals surface area contributed by atoms with Crippen LogP contribution in [-0.2, 0) is 6.54 Å². The number of piperazine rings is 1. The van der Waals surface area contributed by atoms with Crippen LogP contribution in [0.4, 0.5) is 4.39 Å². The predicted octanol–water partition coefficient (Wildman–Crippen LogP) is 1.90. The molecule has 0 amide bonds. The van der Waals surface area contributed by atoms with Crippen molar-refractivity contribution in [2.75, 3.05) is 32.7 Å². The molecule has 1 saturated heterocycles. The van der Waals surface area contributed by atoms with Crippen molar-refractivity contribution in [1.82, 2.24) is 29.7 Å². The van der Waals surface area contributed by atoms with Crippen LogP contribution in [0.3, 0.4) is 0 Å². The smallest absolute Gasteiger partial charge is 0.272 e. The number of nitrogens with zero attached hydrogens (tertiary/aromatic N) is 3. The minimum Gasteiger partial charge on any atom is -0.486 e. The molecule has 3 aromatic rings. The van der Waals surface area contributed by atoms with E-state index in [4.69, 9.17) is 4.74 Å². The molecule has 1 aromatic carbocycles. The Morgan fingerprint density at radius 1 is 1.07 bits per heavy atom. The molecule has 3 heterocycles. The average molecular weight is 573 g/mol. The third-order valence-electron chi connectivity index (χ3n) is 8.05. The highest BCUT2D eigenvalue weighted by atomic mass is 19.1. The maximum Gasteiger partial charge on any atom is 0.272 e. The van der Waals surface area contributed by atoms with Crippen molar-refractivity contribution in [2.24, 2.45) is 5.92 Å². The zero-order chi connectivity index (χ0) is 29.1. The van der Waals surface area contributed by atoms with Crippen LogP contribution in [0.2, 0.25) is 0 Å². The molecule has 9 nitrogen and oxygen atoms in total. The van der Waals surface area contributed by atoms with Gasteiger partial charge in [-0.05, 0) is 73.9 Å². The van der Waals surface area contributed by atoms with Crippen LogP contribution in [0.25, 0.3) is 12.2 Å². The zero-order valence-corrected chi connectivity index (χ0v) is 23.8. The third kappa shape index (κ3) is 6.71. The number of rotatable bonds is 9. The fraction of sp³-hybridized carbons (Fsp3) is 0.406. The van der Waals surface area contributed by atoms with Crippen LogP contribution in [0.15, 0.2) is 64.2 Å². The lowest BCUT2D eigenvalue weighted by molar-refractivity contribution is 0.207. The third-order valence-corrected chi connectivity index (χ3v) is 8.05. The Balaban J connectivity index is 1.21. The lowest BCUT2D eigenvalue weighted by Crippen LogP contribution is -2.46. The van der Waals surface area contributed by atoms with Crippen LogP contribution in [0.1, 0.15) is 49.1 Å². The first-order valence-corrected chi connectivity index (χ1v) is 14.8. The van der Waals surface area contributed by atoms with Gasteiger partial charge in [0.05, 0.1) is 12.0 Å². The number of aromatic nitrogens is 4. The number of halogens is 1. The van der Waals surface area contributed by atoms with Gasteiger partial charge in [0.25, 0.3) is 11.1 Å². The largest absolute Gasteiger partial charge is 0.486 e. The minimum atomic E-state index is -0.403. The van der Waals surface area contributed by atoms with Crippen molar-refractivity contribution in [2.45, 2.75) is 44.8 Å². The van der Waals surface area contributed by atoms with E-state index in [1.807, 2.05) is 25.4 Å². The van der Waals surface area contributed by atoms with Crippen molar-refractivity contribution < 1.29 is 9.13 Å². The summed E-state index contributed by atoms with van der Waals surface area (Å²) in [5, 5.41) is 3.71. The lowest BCUT2D eigenvalue weighted by Gasteiger charge is -2.27. The Morgan fingerprint density at radius 2 is 1.83 bits per heavy atom. The highest BCUT2D eigenvalue weighted by Crippen LogP contribution is 2.41. The average Bonchev–Trinajstić information content (AvgIpc) is 3.74. The van der Waals surface area contributed by atoms with Crippen molar-refractivity contribution >= 4 is 12.2 Å². The van der Waals surface area contributed by atoms with Gasteiger partial charge in [-0.1, -0.05) is 19.1 Å². The van der Waals surface area contributed by atoms with Crippen molar-refractivity contribution in [3.63, 3.8) is 0 Å². The molecule has 0 spiro atoms. The second-order valence-electron chi connectivity index (χ2n) is 11.4. The number of aromatic amines is 2. The molecule has 3 aliphatic rings. The maximum absolute atomic E-state index is 13.5. The van der Waals surface area contributed by atoms with Gasteiger partial charge < -0.3 is 29.5 Å². The molecule has 6 rings (SSSR count). The first kappa shape index (κ1) is 28.1. The molecule has 1 saturated carbocycles. The Hall–Kier alpha value is -4.02. The van der Waals surface area contributed by atoms with E-state index in [9.17, 15) is 14.0 Å². The molecule has 220 valence electrons. The Labute approximate surface area is 243 Å². The molecule has 2 aromatic heterocycles. The second-order valence-corrected chi connectivity index (χ2v) is 11.4. The standard InChI is InChI=1S/C32H37FN6O3/c1-21-16-24(33)8-9-29(21)42-25-5-2-4-22(17-25)18-27-31(40)37-28(32(41)36-27)19-26-30(23-6-7-23)39(20-35-26)13-3-12-38-14-10-34-11-15-38/h2,4-5,8-9,16-21,23,29,34H,3,6-7,10-15H2,1H3,(H,36,41)(H,37,40)/b27-18-,28-19-.